The van der Waals surface area contributed by atoms with Crippen LogP contribution in [-0.2, 0) is 9.53 Å². The van der Waals surface area contributed by atoms with Crippen molar-refractivity contribution in [3.05, 3.63) is 29.8 Å². The number of esters is 1. The maximum atomic E-state index is 13.6. The molecule has 0 aromatic heterocycles. The third-order valence-electron chi connectivity index (χ3n) is 3.71. The minimum absolute atomic E-state index is 0.0600. The number of nitrogens with one attached hydrogen (secondary N) is 1. The van der Waals surface area contributed by atoms with E-state index in [-0.39, 0.29) is 24.9 Å². The Hall–Kier alpha value is -1.69. The van der Waals surface area contributed by atoms with Gasteiger partial charge in [-0.15, -0.1) is 0 Å². The Morgan fingerprint density at radius 3 is 2.67 bits per heavy atom. The average molecular weight is 299 g/mol. The summed E-state index contributed by atoms with van der Waals surface area (Å²) in [5, 5.41) is 2.97. The largest absolute Gasteiger partial charge is 0.488 e. The molecule has 2 rings (SSSR count). The topological polar surface area (TPSA) is 47.6 Å². The van der Waals surface area contributed by atoms with E-state index in [1.54, 1.807) is 14.0 Å². The predicted molar refractivity (Wildman–Crippen MR) is 73.0 cm³/mol. The molecule has 4 nitrogen and oxygen atoms in total. The molecule has 1 aliphatic rings. The fourth-order valence-electron chi connectivity index (χ4n) is 2.34. The molecule has 0 amide bonds. The first-order valence-electron chi connectivity index (χ1n) is 6.97. The van der Waals surface area contributed by atoms with Gasteiger partial charge in [-0.25, -0.2) is 13.6 Å². The lowest BCUT2D eigenvalue weighted by atomic mass is 9.94. The standard InChI is InChI=1S/C15H19F2NO3/c1-3-20-14(19)15(18-2,10-4-5-10)9-21-13-7-6-11(16)8-12(13)17/h6-8,10,18H,3-5,9H2,1-2H3. The quantitative estimate of drug-likeness (QED) is 0.785. The highest BCUT2D eigenvalue weighted by atomic mass is 19.1. The Balaban J connectivity index is 2.13. The van der Waals surface area contributed by atoms with E-state index in [9.17, 15) is 13.6 Å². The molecule has 1 atom stereocenters. The second-order valence-electron chi connectivity index (χ2n) is 5.08. The van der Waals surface area contributed by atoms with Crippen molar-refractivity contribution < 1.29 is 23.0 Å². The molecule has 6 heteroatoms. The SMILES string of the molecule is CCOC(=O)C(COc1ccc(F)cc1F)(NC)C1CC1. The van der Waals surface area contributed by atoms with Crippen LogP contribution in [0.2, 0.25) is 0 Å². The molecular weight excluding hydrogens is 280 g/mol. The van der Waals surface area contributed by atoms with Gasteiger partial charge in [-0.05, 0) is 44.9 Å². The molecule has 0 heterocycles. The highest BCUT2D eigenvalue weighted by Crippen LogP contribution is 2.40. The molecule has 1 aromatic carbocycles. The van der Waals surface area contributed by atoms with E-state index in [4.69, 9.17) is 9.47 Å². The van der Waals surface area contributed by atoms with Gasteiger partial charge in [0, 0.05) is 6.07 Å². The van der Waals surface area contributed by atoms with Crippen molar-refractivity contribution in [3.63, 3.8) is 0 Å². The summed E-state index contributed by atoms with van der Waals surface area (Å²) in [6.07, 6.45) is 1.77. The van der Waals surface area contributed by atoms with Crippen molar-refractivity contribution in [1.29, 1.82) is 0 Å². The van der Waals surface area contributed by atoms with Crippen molar-refractivity contribution >= 4 is 5.97 Å². The minimum atomic E-state index is -0.989. The van der Waals surface area contributed by atoms with Crippen molar-refractivity contribution in [3.8, 4) is 5.75 Å². The van der Waals surface area contributed by atoms with Gasteiger partial charge in [0.25, 0.3) is 0 Å². The molecule has 0 radical (unpaired) electrons. The maximum absolute atomic E-state index is 13.6. The summed E-state index contributed by atoms with van der Waals surface area (Å²) in [6.45, 7) is 1.93. The average Bonchev–Trinajstić information content (AvgIpc) is 3.27. The van der Waals surface area contributed by atoms with Gasteiger partial charge in [-0.1, -0.05) is 0 Å². The molecule has 1 aliphatic carbocycles. The minimum Gasteiger partial charge on any atom is -0.488 e. The van der Waals surface area contributed by atoms with Crippen LogP contribution in [0, 0.1) is 17.6 Å². The van der Waals surface area contributed by atoms with E-state index >= 15 is 0 Å². The number of hydrogen-bond acceptors (Lipinski definition) is 4. The highest BCUT2D eigenvalue weighted by Gasteiger charge is 2.52. The summed E-state index contributed by atoms with van der Waals surface area (Å²) < 4.78 is 37.0. The van der Waals surface area contributed by atoms with Crippen molar-refractivity contribution in [2.45, 2.75) is 25.3 Å². The van der Waals surface area contributed by atoms with Crippen molar-refractivity contribution in [2.24, 2.45) is 5.92 Å². The number of likely N-dealkylation sites (N-methyl/N-ethyl adjacent to an activating group) is 1. The van der Waals surface area contributed by atoms with Crippen molar-refractivity contribution in [1.82, 2.24) is 5.32 Å². The Morgan fingerprint density at radius 2 is 2.14 bits per heavy atom. The number of carbonyl (C=O) groups is 1. The van der Waals surface area contributed by atoms with Crippen LogP contribution >= 0.6 is 0 Å². The van der Waals surface area contributed by atoms with Crippen LogP contribution in [0.1, 0.15) is 19.8 Å². The van der Waals surface area contributed by atoms with Crippen LogP contribution in [0.5, 0.6) is 5.75 Å². The third kappa shape index (κ3) is 3.32. The van der Waals surface area contributed by atoms with Gasteiger partial charge >= 0.3 is 5.97 Å². The number of ether oxygens (including phenoxy) is 2. The van der Waals surface area contributed by atoms with Gasteiger partial charge in [0.2, 0.25) is 0 Å². The summed E-state index contributed by atoms with van der Waals surface area (Å²) in [7, 11) is 1.65. The first kappa shape index (κ1) is 15.7. The predicted octanol–water partition coefficient (Wildman–Crippen LogP) is 2.27. The fraction of sp³-hybridized carbons (Fsp3) is 0.533. The molecule has 1 unspecified atom stereocenters. The molecule has 0 spiro atoms. The fourth-order valence-corrected chi connectivity index (χ4v) is 2.34. The van der Waals surface area contributed by atoms with Gasteiger partial charge in [0.1, 0.15) is 12.4 Å². The van der Waals surface area contributed by atoms with Crippen LogP contribution in [0.4, 0.5) is 8.78 Å². The van der Waals surface area contributed by atoms with Crippen LogP contribution in [0.25, 0.3) is 0 Å². The van der Waals surface area contributed by atoms with E-state index in [1.165, 1.54) is 6.07 Å². The van der Waals surface area contributed by atoms with Gasteiger partial charge in [0.15, 0.2) is 17.1 Å². The number of halogens is 2. The van der Waals surface area contributed by atoms with Gasteiger partial charge in [0.05, 0.1) is 6.61 Å². The molecule has 116 valence electrons. The van der Waals surface area contributed by atoms with Crippen LogP contribution < -0.4 is 10.1 Å². The van der Waals surface area contributed by atoms with E-state index in [1.807, 2.05) is 0 Å². The number of carbonyl (C=O) groups excluding carboxylic acids is 1. The Bertz CT molecular complexity index is 520. The normalized spacial score (nSPS) is 17.1. The zero-order valence-electron chi connectivity index (χ0n) is 12.1. The molecule has 0 aliphatic heterocycles. The zero-order chi connectivity index (χ0) is 15.5. The molecular formula is C15H19F2NO3. The Labute approximate surface area is 122 Å². The van der Waals surface area contributed by atoms with Gasteiger partial charge in [-0.3, -0.25) is 0 Å². The summed E-state index contributed by atoms with van der Waals surface area (Å²) in [4.78, 5) is 12.2. The first-order valence-corrected chi connectivity index (χ1v) is 6.97. The molecule has 1 N–H and O–H groups in total. The summed E-state index contributed by atoms with van der Waals surface area (Å²) in [6, 6.07) is 3.07. The van der Waals surface area contributed by atoms with Crippen molar-refractivity contribution in [2.75, 3.05) is 20.3 Å². The highest BCUT2D eigenvalue weighted by molar-refractivity contribution is 5.82. The van der Waals surface area contributed by atoms with E-state index in [0.29, 0.717) is 0 Å². The Kier molecular flexibility index (Phi) is 4.77. The molecule has 0 saturated heterocycles. The lowest BCUT2D eigenvalue weighted by Crippen LogP contribution is -2.57. The third-order valence-corrected chi connectivity index (χ3v) is 3.71. The van der Waals surface area contributed by atoms with Gasteiger partial charge < -0.3 is 14.8 Å². The second-order valence-corrected chi connectivity index (χ2v) is 5.08. The van der Waals surface area contributed by atoms with E-state index in [2.05, 4.69) is 5.32 Å². The molecule has 1 fully saturated rings. The first-order chi connectivity index (χ1) is 10.0. The number of rotatable bonds is 7. The lowest BCUT2D eigenvalue weighted by molar-refractivity contribution is -0.153. The van der Waals surface area contributed by atoms with Crippen LogP contribution in [0.3, 0.4) is 0 Å². The zero-order valence-corrected chi connectivity index (χ0v) is 12.1. The monoisotopic (exact) mass is 299 g/mol. The summed E-state index contributed by atoms with van der Waals surface area (Å²) in [5.41, 5.74) is -0.989. The number of benzene rings is 1. The summed E-state index contributed by atoms with van der Waals surface area (Å²) >= 11 is 0. The van der Waals surface area contributed by atoms with E-state index in [0.717, 1.165) is 25.0 Å². The molecule has 21 heavy (non-hydrogen) atoms. The lowest BCUT2D eigenvalue weighted by Gasteiger charge is -2.31. The second kappa shape index (κ2) is 6.39. The molecule has 1 saturated carbocycles. The van der Waals surface area contributed by atoms with Gasteiger partial charge in [-0.2, -0.15) is 0 Å². The smallest absolute Gasteiger partial charge is 0.330 e. The maximum Gasteiger partial charge on any atom is 0.330 e. The van der Waals surface area contributed by atoms with E-state index < -0.39 is 23.1 Å². The molecule has 0 bridgehead atoms. The van der Waals surface area contributed by atoms with Crippen LogP contribution in [-0.4, -0.2) is 31.8 Å². The number of hydrogen-bond donors (Lipinski definition) is 1. The Morgan fingerprint density at radius 1 is 1.43 bits per heavy atom. The van der Waals surface area contributed by atoms with Crippen LogP contribution in [0.15, 0.2) is 18.2 Å². The molecule has 1 aromatic rings. The summed E-state index contributed by atoms with van der Waals surface area (Å²) in [5.74, 6) is -1.85.